The number of carbonyl (C=O) groups excluding carboxylic acids is 1. The summed E-state index contributed by atoms with van der Waals surface area (Å²) in [5.41, 5.74) is 2.72. The van der Waals surface area contributed by atoms with Crippen LogP contribution in [0.3, 0.4) is 0 Å². The molecular weight excluding hydrogens is 300 g/mol. The highest BCUT2D eigenvalue weighted by atomic mass is 16.5. The maximum atomic E-state index is 12.5. The molecule has 4 heteroatoms. The van der Waals surface area contributed by atoms with Crippen molar-refractivity contribution in [3.63, 3.8) is 0 Å². The van der Waals surface area contributed by atoms with Crippen LogP contribution in [0.5, 0.6) is 5.75 Å². The summed E-state index contributed by atoms with van der Waals surface area (Å²) in [6, 6.07) is 17.3. The summed E-state index contributed by atoms with van der Waals surface area (Å²) in [5, 5.41) is 3.16. The van der Waals surface area contributed by atoms with Crippen LogP contribution in [0.25, 0.3) is 0 Å². The molecule has 0 radical (unpaired) electrons. The van der Waals surface area contributed by atoms with E-state index >= 15 is 0 Å². The summed E-state index contributed by atoms with van der Waals surface area (Å²) >= 11 is 0. The number of anilines is 2. The second kappa shape index (κ2) is 8.77. The summed E-state index contributed by atoms with van der Waals surface area (Å²) in [6.07, 6.45) is 0. The standard InChI is InChI=1S/C20H24N2O2/c1-4-22(18-10-6-5-7-11-18)20(23)14-21-17-9-8-12-19(13-17)24-15-16(2)3/h5-13,21H,2,4,14-15H2,1,3H3. The molecule has 0 aliphatic heterocycles. The summed E-state index contributed by atoms with van der Waals surface area (Å²) in [6.45, 7) is 9.05. The van der Waals surface area contributed by atoms with Crippen molar-refractivity contribution >= 4 is 17.3 Å². The van der Waals surface area contributed by atoms with Gasteiger partial charge in [0.05, 0.1) is 6.54 Å². The van der Waals surface area contributed by atoms with E-state index in [1.807, 2.05) is 68.4 Å². The Hall–Kier alpha value is -2.75. The second-order valence-corrected chi connectivity index (χ2v) is 5.60. The number of rotatable bonds is 8. The van der Waals surface area contributed by atoms with Gasteiger partial charge in [0.2, 0.25) is 5.91 Å². The Morgan fingerprint density at radius 3 is 2.58 bits per heavy atom. The first kappa shape index (κ1) is 17.6. The normalized spacial score (nSPS) is 10.1. The van der Waals surface area contributed by atoms with Gasteiger partial charge in [-0.15, -0.1) is 0 Å². The van der Waals surface area contributed by atoms with Crippen molar-refractivity contribution in [3.8, 4) is 5.75 Å². The van der Waals surface area contributed by atoms with Crippen LogP contribution >= 0.6 is 0 Å². The van der Waals surface area contributed by atoms with E-state index in [1.165, 1.54) is 0 Å². The molecular formula is C20H24N2O2. The molecule has 4 nitrogen and oxygen atoms in total. The number of ether oxygens (including phenoxy) is 1. The molecule has 0 unspecified atom stereocenters. The van der Waals surface area contributed by atoms with Gasteiger partial charge in [0, 0.05) is 24.0 Å². The first-order valence-electron chi connectivity index (χ1n) is 8.06. The van der Waals surface area contributed by atoms with Gasteiger partial charge in [0.25, 0.3) is 0 Å². The molecule has 1 amide bonds. The molecule has 24 heavy (non-hydrogen) atoms. The zero-order chi connectivity index (χ0) is 17.4. The van der Waals surface area contributed by atoms with Gasteiger partial charge in [-0.1, -0.05) is 30.8 Å². The van der Waals surface area contributed by atoms with E-state index in [0.29, 0.717) is 13.2 Å². The van der Waals surface area contributed by atoms with Gasteiger partial charge in [-0.25, -0.2) is 0 Å². The SMILES string of the molecule is C=C(C)COc1cccc(NCC(=O)N(CC)c2ccccc2)c1. The maximum Gasteiger partial charge on any atom is 0.246 e. The molecule has 0 fully saturated rings. The largest absolute Gasteiger partial charge is 0.489 e. The van der Waals surface area contributed by atoms with Gasteiger partial charge < -0.3 is 15.0 Å². The van der Waals surface area contributed by atoms with Crippen molar-refractivity contribution in [2.75, 3.05) is 29.9 Å². The van der Waals surface area contributed by atoms with Crippen molar-refractivity contribution in [1.82, 2.24) is 0 Å². The van der Waals surface area contributed by atoms with Gasteiger partial charge in [-0.3, -0.25) is 4.79 Å². The predicted octanol–water partition coefficient (Wildman–Crippen LogP) is 4.11. The molecule has 126 valence electrons. The van der Waals surface area contributed by atoms with Gasteiger partial charge in [-0.05, 0) is 43.7 Å². The third-order valence-corrected chi connectivity index (χ3v) is 3.45. The third-order valence-electron chi connectivity index (χ3n) is 3.45. The molecule has 0 heterocycles. The lowest BCUT2D eigenvalue weighted by molar-refractivity contribution is -0.116. The third kappa shape index (κ3) is 5.16. The Labute approximate surface area is 143 Å². The minimum Gasteiger partial charge on any atom is -0.489 e. The molecule has 2 aromatic rings. The quantitative estimate of drug-likeness (QED) is 0.743. The number of para-hydroxylation sites is 1. The highest BCUT2D eigenvalue weighted by molar-refractivity contribution is 5.96. The number of nitrogens with one attached hydrogen (secondary N) is 1. The highest BCUT2D eigenvalue weighted by Gasteiger charge is 2.13. The van der Waals surface area contributed by atoms with Crippen molar-refractivity contribution < 1.29 is 9.53 Å². The van der Waals surface area contributed by atoms with E-state index in [0.717, 1.165) is 22.7 Å². The highest BCUT2D eigenvalue weighted by Crippen LogP contribution is 2.18. The van der Waals surface area contributed by atoms with E-state index in [1.54, 1.807) is 4.90 Å². The Morgan fingerprint density at radius 2 is 1.92 bits per heavy atom. The average Bonchev–Trinajstić information content (AvgIpc) is 2.60. The average molecular weight is 324 g/mol. The van der Waals surface area contributed by atoms with Crippen LogP contribution in [0.1, 0.15) is 13.8 Å². The number of hydrogen-bond donors (Lipinski definition) is 1. The van der Waals surface area contributed by atoms with Crippen LogP contribution < -0.4 is 15.0 Å². The minimum atomic E-state index is 0.0250. The fourth-order valence-corrected chi connectivity index (χ4v) is 2.29. The van der Waals surface area contributed by atoms with E-state index < -0.39 is 0 Å². The summed E-state index contributed by atoms with van der Waals surface area (Å²) in [5.74, 6) is 0.780. The summed E-state index contributed by atoms with van der Waals surface area (Å²) in [4.78, 5) is 14.2. The number of benzene rings is 2. The molecule has 0 atom stereocenters. The van der Waals surface area contributed by atoms with Crippen LogP contribution in [-0.4, -0.2) is 25.6 Å². The first-order valence-corrected chi connectivity index (χ1v) is 8.06. The number of carbonyl (C=O) groups is 1. The minimum absolute atomic E-state index is 0.0250. The smallest absolute Gasteiger partial charge is 0.246 e. The molecule has 0 saturated carbocycles. The number of nitrogens with zero attached hydrogens (tertiary/aromatic N) is 1. The van der Waals surface area contributed by atoms with Crippen molar-refractivity contribution in [3.05, 3.63) is 66.7 Å². The lowest BCUT2D eigenvalue weighted by atomic mass is 10.2. The number of amides is 1. The van der Waals surface area contributed by atoms with Gasteiger partial charge in [0.15, 0.2) is 0 Å². The van der Waals surface area contributed by atoms with Gasteiger partial charge >= 0.3 is 0 Å². The monoisotopic (exact) mass is 324 g/mol. The Bertz CT molecular complexity index is 683. The molecule has 0 spiro atoms. The summed E-state index contributed by atoms with van der Waals surface area (Å²) in [7, 11) is 0. The van der Waals surface area contributed by atoms with Gasteiger partial charge in [0.1, 0.15) is 12.4 Å². The topological polar surface area (TPSA) is 41.6 Å². The van der Waals surface area contributed by atoms with Crippen LogP contribution in [0.15, 0.2) is 66.7 Å². The molecule has 2 aromatic carbocycles. The van der Waals surface area contributed by atoms with Crippen LogP contribution in [-0.2, 0) is 4.79 Å². The second-order valence-electron chi connectivity index (χ2n) is 5.60. The van der Waals surface area contributed by atoms with E-state index in [9.17, 15) is 4.79 Å². The molecule has 2 rings (SSSR count). The van der Waals surface area contributed by atoms with Crippen molar-refractivity contribution in [2.24, 2.45) is 0 Å². The van der Waals surface area contributed by atoms with Crippen molar-refractivity contribution in [2.45, 2.75) is 13.8 Å². The molecule has 0 bridgehead atoms. The summed E-state index contributed by atoms with van der Waals surface area (Å²) < 4.78 is 5.62. The molecule has 0 aliphatic rings. The van der Waals surface area contributed by atoms with Crippen LogP contribution in [0.4, 0.5) is 11.4 Å². The molecule has 1 N–H and O–H groups in total. The molecule has 0 saturated heterocycles. The lowest BCUT2D eigenvalue weighted by Gasteiger charge is -2.21. The van der Waals surface area contributed by atoms with E-state index in [-0.39, 0.29) is 12.5 Å². The molecule has 0 aliphatic carbocycles. The maximum absolute atomic E-state index is 12.5. The first-order chi connectivity index (χ1) is 11.6. The Balaban J connectivity index is 1.95. The zero-order valence-electron chi connectivity index (χ0n) is 14.3. The van der Waals surface area contributed by atoms with Crippen LogP contribution in [0.2, 0.25) is 0 Å². The zero-order valence-corrected chi connectivity index (χ0v) is 14.3. The fourth-order valence-electron chi connectivity index (χ4n) is 2.29. The fraction of sp³-hybridized carbons (Fsp3) is 0.250. The van der Waals surface area contributed by atoms with E-state index in [2.05, 4.69) is 11.9 Å². The van der Waals surface area contributed by atoms with Crippen LogP contribution in [0, 0.1) is 0 Å². The Morgan fingerprint density at radius 1 is 1.17 bits per heavy atom. The van der Waals surface area contributed by atoms with Gasteiger partial charge in [-0.2, -0.15) is 0 Å². The number of hydrogen-bond acceptors (Lipinski definition) is 3. The predicted molar refractivity (Wildman–Crippen MR) is 99.7 cm³/mol. The number of likely N-dealkylation sites (N-methyl/N-ethyl adjacent to an activating group) is 1. The lowest BCUT2D eigenvalue weighted by Crippen LogP contribution is -2.35. The van der Waals surface area contributed by atoms with Crippen molar-refractivity contribution in [1.29, 1.82) is 0 Å². The van der Waals surface area contributed by atoms with E-state index in [4.69, 9.17) is 4.74 Å². The Kier molecular flexibility index (Phi) is 6.43. The molecule has 0 aromatic heterocycles.